The minimum absolute atomic E-state index is 0.0494. The van der Waals surface area contributed by atoms with Crippen molar-refractivity contribution in [3.05, 3.63) is 0 Å². The number of alkyl halides is 2. The fourth-order valence-corrected chi connectivity index (χ4v) is 3.48. The molecule has 0 aromatic carbocycles. The minimum Gasteiger partial charge on any atom is -0.327 e. The van der Waals surface area contributed by atoms with E-state index in [9.17, 15) is 8.78 Å². The molecular weight excluding hydrogens is 184 g/mol. The van der Waals surface area contributed by atoms with Gasteiger partial charge >= 0.3 is 0 Å². The van der Waals surface area contributed by atoms with Crippen LogP contribution in [0.3, 0.4) is 0 Å². The van der Waals surface area contributed by atoms with Gasteiger partial charge in [-0.05, 0) is 37.0 Å². The van der Waals surface area contributed by atoms with Crippen LogP contribution in [-0.2, 0) is 0 Å². The lowest BCUT2D eigenvalue weighted by Gasteiger charge is -2.21. The molecule has 3 aliphatic carbocycles. The molecule has 0 aromatic rings. The summed E-state index contributed by atoms with van der Waals surface area (Å²) in [6, 6.07) is 0.0494. The second kappa shape index (κ2) is 2.49. The molecule has 3 fully saturated rings. The van der Waals surface area contributed by atoms with Gasteiger partial charge in [-0.3, -0.25) is 0 Å². The van der Waals surface area contributed by atoms with Crippen molar-refractivity contribution in [3.63, 3.8) is 0 Å². The van der Waals surface area contributed by atoms with E-state index in [4.69, 9.17) is 5.73 Å². The predicted octanol–water partition coefficient (Wildman–Crippen LogP) is 2.55. The molecule has 0 saturated heterocycles. The highest BCUT2D eigenvalue weighted by Crippen LogP contribution is 2.66. The van der Waals surface area contributed by atoms with E-state index in [1.54, 1.807) is 0 Å². The van der Waals surface area contributed by atoms with Crippen LogP contribution >= 0.6 is 0 Å². The molecule has 0 aliphatic heterocycles. The van der Waals surface area contributed by atoms with Gasteiger partial charge in [-0.2, -0.15) is 0 Å². The lowest BCUT2D eigenvalue weighted by molar-refractivity contribution is 0.0929. The zero-order valence-corrected chi connectivity index (χ0v) is 8.31. The van der Waals surface area contributed by atoms with Gasteiger partial charge in [0.05, 0.1) is 0 Å². The van der Waals surface area contributed by atoms with E-state index in [2.05, 4.69) is 0 Å². The maximum Gasteiger partial charge on any atom is 0.251 e. The Hall–Kier alpha value is -0.180. The summed E-state index contributed by atoms with van der Waals surface area (Å²) in [5.74, 6) is -1.99. The Morgan fingerprint density at radius 1 is 1.36 bits per heavy atom. The minimum atomic E-state index is -2.38. The summed E-state index contributed by atoms with van der Waals surface area (Å²) in [6.45, 7) is 0. The van der Waals surface area contributed by atoms with Crippen molar-refractivity contribution in [1.29, 1.82) is 0 Å². The van der Waals surface area contributed by atoms with E-state index >= 15 is 0 Å². The zero-order valence-electron chi connectivity index (χ0n) is 8.31. The van der Waals surface area contributed by atoms with Crippen LogP contribution in [-0.4, -0.2) is 12.0 Å². The Morgan fingerprint density at radius 3 is 2.50 bits per heavy atom. The van der Waals surface area contributed by atoms with Crippen LogP contribution in [0.15, 0.2) is 0 Å². The number of hydrogen-bond acceptors (Lipinski definition) is 1. The SMILES string of the molecule is NC(CC1CC1(F)F)C12CCCC1C2. The van der Waals surface area contributed by atoms with Crippen LogP contribution in [0.4, 0.5) is 8.78 Å². The standard InChI is InChI=1S/C11H17F2N/c12-11(13)6-8(11)4-9(14)10-3-1-2-7(10)5-10/h7-9H,1-6,14H2. The molecule has 3 heteroatoms. The topological polar surface area (TPSA) is 26.0 Å². The van der Waals surface area contributed by atoms with Gasteiger partial charge in [0.25, 0.3) is 5.92 Å². The lowest BCUT2D eigenvalue weighted by atomic mass is 9.90. The first-order valence-electron chi connectivity index (χ1n) is 5.68. The summed E-state index contributed by atoms with van der Waals surface area (Å²) in [7, 11) is 0. The molecule has 0 aromatic heterocycles. The highest BCUT2D eigenvalue weighted by Gasteiger charge is 2.63. The van der Waals surface area contributed by atoms with Crippen LogP contribution in [0.2, 0.25) is 0 Å². The quantitative estimate of drug-likeness (QED) is 0.746. The molecule has 0 radical (unpaired) electrons. The monoisotopic (exact) mass is 201 g/mol. The molecule has 0 heterocycles. The Kier molecular flexibility index (Phi) is 1.61. The van der Waals surface area contributed by atoms with Crippen molar-refractivity contribution < 1.29 is 8.78 Å². The van der Waals surface area contributed by atoms with Gasteiger partial charge in [0.2, 0.25) is 0 Å². The predicted molar refractivity (Wildman–Crippen MR) is 50.0 cm³/mol. The van der Waals surface area contributed by atoms with Crippen molar-refractivity contribution >= 4 is 0 Å². The van der Waals surface area contributed by atoms with Crippen LogP contribution in [0.5, 0.6) is 0 Å². The van der Waals surface area contributed by atoms with Gasteiger partial charge in [-0.25, -0.2) is 8.78 Å². The Bertz CT molecular complexity index is 266. The first-order valence-corrected chi connectivity index (χ1v) is 5.68. The summed E-state index contributed by atoms with van der Waals surface area (Å²) in [5.41, 5.74) is 6.39. The Labute approximate surface area is 83.0 Å². The molecule has 2 N–H and O–H groups in total. The normalized spacial score (nSPS) is 49.9. The molecular formula is C11H17F2N. The molecule has 80 valence electrons. The number of fused-ring (bicyclic) bond motifs is 1. The van der Waals surface area contributed by atoms with Crippen molar-refractivity contribution in [3.8, 4) is 0 Å². The molecule has 3 saturated carbocycles. The summed E-state index contributed by atoms with van der Waals surface area (Å²) >= 11 is 0. The third-order valence-corrected chi connectivity index (χ3v) is 4.71. The summed E-state index contributed by atoms with van der Waals surface area (Å²) < 4.78 is 25.5. The zero-order chi connectivity index (χ0) is 9.97. The first-order chi connectivity index (χ1) is 6.55. The molecule has 14 heavy (non-hydrogen) atoms. The van der Waals surface area contributed by atoms with E-state index in [0.29, 0.717) is 11.8 Å². The van der Waals surface area contributed by atoms with Gasteiger partial charge in [0.15, 0.2) is 0 Å². The Morgan fingerprint density at radius 2 is 2.07 bits per heavy atom. The molecule has 0 bridgehead atoms. The summed E-state index contributed by atoms with van der Waals surface area (Å²) in [6.07, 6.45) is 5.60. The van der Waals surface area contributed by atoms with E-state index in [1.165, 1.54) is 25.7 Å². The fourth-order valence-electron chi connectivity index (χ4n) is 3.48. The van der Waals surface area contributed by atoms with E-state index in [0.717, 1.165) is 5.92 Å². The van der Waals surface area contributed by atoms with Crippen LogP contribution in [0.1, 0.15) is 38.5 Å². The average Bonchev–Trinajstić information content (AvgIpc) is 2.91. The maximum absolute atomic E-state index is 12.7. The van der Waals surface area contributed by atoms with Gasteiger partial charge < -0.3 is 5.73 Å². The van der Waals surface area contributed by atoms with Crippen molar-refractivity contribution in [2.24, 2.45) is 23.0 Å². The second-order valence-corrected chi connectivity index (χ2v) is 5.53. The smallest absolute Gasteiger partial charge is 0.251 e. The molecule has 4 unspecified atom stereocenters. The summed E-state index contributed by atoms with van der Waals surface area (Å²) in [5, 5.41) is 0. The van der Waals surface area contributed by atoms with E-state index in [1.807, 2.05) is 0 Å². The molecule has 3 rings (SSSR count). The highest BCUT2D eigenvalue weighted by atomic mass is 19.3. The molecule has 0 spiro atoms. The largest absolute Gasteiger partial charge is 0.327 e. The molecule has 0 amide bonds. The fraction of sp³-hybridized carbons (Fsp3) is 1.00. The van der Waals surface area contributed by atoms with Gasteiger partial charge in [0.1, 0.15) is 0 Å². The van der Waals surface area contributed by atoms with Crippen molar-refractivity contribution in [2.45, 2.75) is 50.5 Å². The molecule has 1 nitrogen and oxygen atoms in total. The van der Waals surface area contributed by atoms with Crippen molar-refractivity contribution in [2.75, 3.05) is 0 Å². The van der Waals surface area contributed by atoms with Crippen LogP contribution in [0.25, 0.3) is 0 Å². The number of hydrogen-bond donors (Lipinski definition) is 1. The summed E-state index contributed by atoms with van der Waals surface area (Å²) in [4.78, 5) is 0. The van der Waals surface area contributed by atoms with Gasteiger partial charge in [-0.15, -0.1) is 0 Å². The Balaban J connectivity index is 1.59. The average molecular weight is 201 g/mol. The molecule has 4 atom stereocenters. The first kappa shape index (κ1) is 9.08. The van der Waals surface area contributed by atoms with E-state index in [-0.39, 0.29) is 12.5 Å². The number of halogens is 2. The maximum atomic E-state index is 12.7. The second-order valence-electron chi connectivity index (χ2n) is 5.53. The third kappa shape index (κ3) is 1.14. The molecule has 3 aliphatic rings. The lowest BCUT2D eigenvalue weighted by Crippen LogP contribution is -2.32. The number of nitrogens with two attached hydrogens (primary N) is 1. The van der Waals surface area contributed by atoms with Crippen LogP contribution in [0, 0.1) is 17.3 Å². The van der Waals surface area contributed by atoms with Crippen molar-refractivity contribution in [1.82, 2.24) is 0 Å². The van der Waals surface area contributed by atoms with E-state index < -0.39 is 11.8 Å². The highest BCUT2D eigenvalue weighted by molar-refractivity contribution is 5.13. The van der Waals surface area contributed by atoms with Crippen LogP contribution < -0.4 is 5.73 Å². The van der Waals surface area contributed by atoms with Gasteiger partial charge in [-0.1, -0.05) is 6.42 Å². The third-order valence-electron chi connectivity index (χ3n) is 4.71. The number of rotatable bonds is 3. The van der Waals surface area contributed by atoms with Gasteiger partial charge in [0, 0.05) is 18.4 Å².